The van der Waals surface area contributed by atoms with Crippen LogP contribution < -0.4 is 5.32 Å². The average Bonchev–Trinajstić information content (AvgIpc) is 3.27. The number of rotatable bonds is 5. The maximum atomic E-state index is 14.1. The molecule has 29 heavy (non-hydrogen) atoms. The Kier molecular flexibility index (Phi) is 8.09. The Morgan fingerprint density at radius 2 is 1.93 bits per heavy atom. The second-order valence-corrected chi connectivity index (χ2v) is 8.04. The van der Waals surface area contributed by atoms with Crippen LogP contribution in [0.3, 0.4) is 0 Å². The standard InChI is InChI=1S/C21H30F2N4O.HI/c1-2-24-21(25-19-12-16(19)20-17(22)4-3-5-18(20)23)27-7-6-15(14-27)13-26-8-10-28-11-9-26;/h3-5,15-16,19H,2,6-14H2,1H3,(H,24,25);1H. The Hall–Kier alpha value is -1.00. The molecule has 2 heterocycles. The van der Waals surface area contributed by atoms with Crippen LogP contribution in [0.5, 0.6) is 0 Å². The second kappa shape index (κ2) is 10.3. The lowest BCUT2D eigenvalue weighted by atomic mass is 10.1. The van der Waals surface area contributed by atoms with Crippen LogP contribution in [-0.2, 0) is 4.74 Å². The van der Waals surface area contributed by atoms with E-state index in [0.29, 0.717) is 12.5 Å². The van der Waals surface area contributed by atoms with Gasteiger partial charge in [-0.1, -0.05) is 6.07 Å². The van der Waals surface area contributed by atoms with Crippen molar-refractivity contribution in [2.45, 2.75) is 31.7 Å². The lowest BCUT2D eigenvalue weighted by molar-refractivity contribution is 0.0315. The molecule has 4 rings (SSSR count). The largest absolute Gasteiger partial charge is 0.379 e. The predicted octanol–water partition coefficient (Wildman–Crippen LogP) is 3.06. The van der Waals surface area contributed by atoms with E-state index in [2.05, 4.69) is 20.1 Å². The molecule has 8 heteroatoms. The maximum absolute atomic E-state index is 14.1. The van der Waals surface area contributed by atoms with Crippen molar-refractivity contribution in [1.29, 1.82) is 0 Å². The molecule has 5 nitrogen and oxygen atoms in total. The van der Waals surface area contributed by atoms with E-state index >= 15 is 0 Å². The number of benzene rings is 1. The van der Waals surface area contributed by atoms with Crippen molar-refractivity contribution in [3.05, 3.63) is 35.4 Å². The summed E-state index contributed by atoms with van der Waals surface area (Å²) >= 11 is 0. The van der Waals surface area contributed by atoms with Gasteiger partial charge in [-0.15, -0.1) is 24.0 Å². The lowest BCUT2D eigenvalue weighted by Gasteiger charge is -2.29. The second-order valence-electron chi connectivity index (χ2n) is 8.04. The molecule has 1 N–H and O–H groups in total. The summed E-state index contributed by atoms with van der Waals surface area (Å²) in [5, 5.41) is 3.47. The monoisotopic (exact) mass is 520 g/mol. The molecule has 3 aliphatic rings. The molecule has 1 aromatic carbocycles. The van der Waals surface area contributed by atoms with Crippen LogP contribution >= 0.6 is 24.0 Å². The molecule has 1 aromatic rings. The zero-order chi connectivity index (χ0) is 19.5. The number of hydrogen-bond acceptors (Lipinski definition) is 3. The van der Waals surface area contributed by atoms with Gasteiger partial charge in [0.2, 0.25) is 0 Å². The van der Waals surface area contributed by atoms with Gasteiger partial charge in [-0.3, -0.25) is 9.89 Å². The van der Waals surface area contributed by atoms with E-state index in [1.165, 1.54) is 18.2 Å². The van der Waals surface area contributed by atoms with Crippen LogP contribution in [0.15, 0.2) is 23.2 Å². The fourth-order valence-electron chi connectivity index (χ4n) is 4.41. The summed E-state index contributed by atoms with van der Waals surface area (Å²) in [6.07, 6.45) is 1.89. The molecule has 162 valence electrons. The summed E-state index contributed by atoms with van der Waals surface area (Å²) in [5.41, 5.74) is 0.211. The van der Waals surface area contributed by atoms with Gasteiger partial charge in [0, 0.05) is 56.8 Å². The number of nitrogens with zero attached hydrogens (tertiary/aromatic N) is 3. The van der Waals surface area contributed by atoms with Crippen molar-refractivity contribution in [3.63, 3.8) is 0 Å². The molecule has 0 radical (unpaired) electrons. The Morgan fingerprint density at radius 3 is 2.62 bits per heavy atom. The van der Waals surface area contributed by atoms with Crippen LogP contribution in [0.25, 0.3) is 0 Å². The van der Waals surface area contributed by atoms with Crippen LogP contribution in [0.4, 0.5) is 8.78 Å². The number of likely N-dealkylation sites (tertiary alicyclic amines) is 1. The van der Waals surface area contributed by atoms with E-state index in [1.807, 2.05) is 6.92 Å². The van der Waals surface area contributed by atoms with Crippen molar-refractivity contribution in [3.8, 4) is 0 Å². The van der Waals surface area contributed by atoms with Crippen molar-refractivity contribution >= 4 is 29.9 Å². The van der Waals surface area contributed by atoms with Crippen LogP contribution in [0.1, 0.15) is 31.2 Å². The first-order valence-corrected chi connectivity index (χ1v) is 10.5. The molecule has 0 bridgehead atoms. The molecule has 2 saturated heterocycles. The summed E-state index contributed by atoms with van der Waals surface area (Å²) in [5.74, 6) is 0.497. The molecule has 1 aliphatic carbocycles. The highest BCUT2D eigenvalue weighted by molar-refractivity contribution is 14.0. The highest BCUT2D eigenvalue weighted by atomic mass is 127. The average molecular weight is 520 g/mol. The molecule has 3 unspecified atom stereocenters. The highest BCUT2D eigenvalue weighted by Gasteiger charge is 2.43. The fraction of sp³-hybridized carbons (Fsp3) is 0.667. The number of ether oxygens (including phenoxy) is 1. The zero-order valence-corrected chi connectivity index (χ0v) is 19.3. The van der Waals surface area contributed by atoms with Crippen molar-refractivity contribution in [1.82, 2.24) is 15.1 Å². The SMILES string of the molecule is CCN=C(NC1CC1c1c(F)cccc1F)N1CCC(CN2CCOCC2)C1.I. The first-order valence-electron chi connectivity index (χ1n) is 10.5. The van der Waals surface area contributed by atoms with E-state index in [1.54, 1.807) is 0 Å². The number of guanidine groups is 1. The predicted molar refractivity (Wildman–Crippen MR) is 121 cm³/mol. The van der Waals surface area contributed by atoms with Gasteiger partial charge in [0.15, 0.2) is 5.96 Å². The van der Waals surface area contributed by atoms with E-state index in [-0.39, 0.29) is 41.5 Å². The number of hydrogen-bond donors (Lipinski definition) is 1. The highest BCUT2D eigenvalue weighted by Crippen LogP contribution is 2.43. The molecular formula is C21H31F2IN4O. The minimum atomic E-state index is -0.449. The Bertz CT molecular complexity index is 694. The van der Waals surface area contributed by atoms with E-state index in [9.17, 15) is 8.78 Å². The summed E-state index contributed by atoms with van der Waals surface area (Å²) in [7, 11) is 0. The van der Waals surface area contributed by atoms with Gasteiger partial charge in [-0.05, 0) is 37.8 Å². The number of morpholine rings is 1. The summed E-state index contributed by atoms with van der Waals surface area (Å²) < 4.78 is 33.5. The first-order chi connectivity index (χ1) is 13.7. The van der Waals surface area contributed by atoms with E-state index in [4.69, 9.17) is 4.74 Å². The molecule has 1 saturated carbocycles. The number of halogens is 3. The Labute approximate surface area is 188 Å². The minimum absolute atomic E-state index is 0. The molecule has 0 spiro atoms. The quantitative estimate of drug-likeness (QED) is 0.368. The van der Waals surface area contributed by atoms with Crippen LogP contribution in [-0.4, -0.2) is 74.3 Å². The topological polar surface area (TPSA) is 40.1 Å². The van der Waals surface area contributed by atoms with Crippen LogP contribution in [0.2, 0.25) is 0 Å². The lowest BCUT2D eigenvalue weighted by Crippen LogP contribution is -2.43. The molecule has 2 aliphatic heterocycles. The first kappa shape index (κ1) is 22.7. The molecule has 3 atom stereocenters. The Balaban J connectivity index is 0.00000240. The molecule has 0 amide bonds. The Morgan fingerprint density at radius 1 is 1.21 bits per heavy atom. The summed E-state index contributed by atoms with van der Waals surface area (Å²) in [6.45, 7) is 9.46. The summed E-state index contributed by atoms with van der Waals surface area (Å²) in [4.78, 5) is 9.44. The molecular weight excluding hydrogens is 489 g/mol. The van der Waals surface area contributed by atoms with Gasteiger partial charge in [0.05, 0.1) is 13.2 Å². The van der Waals surface area contributed by atoms with E-state index < -0.39 is 11.6 Å². The third-order valence-corrected chi connectivity index (χ3v) is 5.99. The zero-order valence-electron chi connectivity index (χ0n) is 16.9. The fourth-order valence-corrected chi connectivity index (χ4v) is 4.41. The molecule has 0 aromatic heterocycles. The van der Waals surface area contributed by atoms with Gasteiger partial charge >= 0.3 is 0 Å². The normalized spacial score (nSPS) is 27.6. The van der Waals surface area contributed by atoms with Crippen molar-refractivity contribution < 1.29 is 13.5 Å². The third kappa shape index (κ3) is 5.58. The summed E-state index contributed by atoms with van der Waals surface area (Å²) in [6, 6.07) is 4.15. The van der Waals surface area contributed by atoms with Gasteiger partial charge in [-0.2, -0.15) is 0 Å². The molecule has 3 fully saturated rings. The smallest absolute Gasteiger partial charge is 0.194 e. The van der Waals surface area contributed by atoms with Gasteiger partial charge in [0.1, 0.15) is 11.6 Å². The number of aliphatic imine (C=N–C) groups is 1. The van der Waals surface area contributed by atoms with Gasteiger partial charge in [0.25, 0.3) is 0 Å². The van der Waals surface area contributed by atoms with E-state index in [0.717, 1.165) is 64.7 Å². The minimum Gasteiger partial charge on any atom is -0.379 e. The number of nitrogens with one attached hydrogen (secondary N) is 1. The van der Waals surface area contributed by atoms with Crippen molar-refractivity contribution in [2.75, 3.05) is 52.5 Å². The van der Waals surface area contributed by atoms with Crippen molar-refractivity contribution in [2.24, 2.45) is 10.9 Å². The van der Waals surface area contributed by atoms with Crippen LogP contribution in [0, 0.1) is 17.6 Å². The van der Waals surface area contributed by atoms with Gasteiger partial charge in [-0.25, -0.2) is 8.78 Å². The maximum Gasteiger partial charge on any atom is 0.194 e. The van der Waals surface area contributed by atoms with Gasteiger partial charge < -0.3 is 15.0 Å². The third-order valence-electron chi connectivity index (χ3n) is 5.99.